The van der Waals surface area contributed by atoms with E-state index in [-0.39, 0.29) is 11.9 Å². The van der Waals surface area contributed by atoms with Crippen molar-refractivity contribution in [2.45, 2.75) is 32.4 Å². The maximum absolute atomic E-state index is 11.5. The molecule has 0 fully saturated rings. The third-order valence-corrected chi connectivity index (χ3v) is 2.57. The molecular formula is C10H23N3O. The number of rotatable bonds is 5. The second kappa shape index (κ2) is 5.98. The lowest BCUT2D eigenvalue weighted by Gasteiger charge is -2.30. The molecule has 4 nitrogen and oxygen atoms in total. The molecule has 0 aromatic heterocycles. The van der Waals surface area contributed by atoms with Gasteiger partial charge in [0.25, 0.3) is 0 Å². The van der Waals surface area contributed by atoms with Gasteiger partial charge in [0, 0.05) is 39.1 Å². The van der Waals surface area contributed by atoms with E-state index in [4.69, 9.17) is 5.73 Å². The van der Waals surface area contributed by atoms with Gasteiger partial charge in [0.05, 0.1) is 0 Å². The summed E-state index contributed by atoms with van der Waals surface area (Å²) < 4.78 is 0. The summed E-state index contributed by atoms with van der Waals surface area (Å²) in [4.78, 5) is 15.2. The van der Waals surface area contributed by atoms with E-state index in [0.717, 1.165) is 0 Å². The summed E-state index contributed by atoms with van der Waals surface area (Å²) in [7, 11) is 5.54. The van der Waals surface area contributed by atoms with Crippen LogP contribution in [0.1, 0.15) is 20.3 Å². The molecule has 0 aromatic rings. The SMILES string of the molecule is CC(C)N(C)C(CN)CC(=O)N(C)C. The molecule has 0 aliphatic carbocycles. The normalized spacial score (nSPS) is 13.4. The van der Waals surface area contributed by atoms with Crippen molar-refractivity contribution in [1.29, 1.82) is 0 Å². The molecule has 0 rings (SSSR count). The molecule has 0 bridgehead atoms. The van der Waals surface area contributed by atoms with Gasteiger partial charge in [-0.3, -0.25) is 9.69 Å². The maximum atomic E-state index is 11.5. The summed E-state index contributed by atoms with van der Waals surface area (Å²) in [5.41, 5.74) is 5.65. The van der Waals surface area contributed by atoms with Gasteiger partial charge in [0.1, 0.15) is 0 Å². The average Bonchev–Trinajstić information content (AvgIpc) is 2.12. The van der Waals surface area contributed by atoms with E-state index >= 15 is 0 Å². The van der Waals surface area contributed by atoms with Crippen molar-refractivity contribution in [1.82, 2.24) is 9.80 Å². The molecule has 0 aliphatic rings. The first-order chi connectivity index (χ1) is 6.40. The second-order valence-electron chi connectivity index (χ2n) is 4.14. The molecule has 0 aliphatic heterocycles. The number of likely N-dealkylation sites (N-methyl/N-ethyl adjacent to an activating group) is 1. The van der Waals surface area contributed by atoms with E-state index in [9.17, 15) is 4.79 Å². The van der Waals surface area contributed by atoms with E-state index in [0.29, 0.717) is 19.0 Å². The minimum Gasteiger partial charge on any atom is -0.349 e. The number of nitrogens with two attached hydrogens (primary N) is 1. The van der Waals surface area contributed by atoms with Crippen LogP contribution in [0.3, 0.4) is 0 Å². The second-order valence-corrected chi connectivity index (χ2v) is 4.14. The first kappa shape index (κ1) is 13.4. The Bertz CT molecular complexity index is 180. The van der Waals surface area contributed by atoms with Crippen LogP contribution < -0.4 is 5.73 Å². The van der Waals surface area contributed by atoms with Crippen molar-refractivity contribution in [3.8, 4) is 0 Å². The number of hydrogen-bond donors (Lipinski definition) is 1. The molecule has 0 aromatic carbocycles. The summed E-state index contributed by atoms with van der Waals surface area (Å²) in [6.45, 7) is 4.72. The fourth-order valence-corrected chi connectivity index (χ4v) is 1.20. The first-order valence-corrected chi connectivity index (χ1v) is 5.02. The van der Waals surface area contributed by atoms with Crippen LogP contribution in [0.25, 0.3) is 0 Å². The highest BCUT2D eigenvalue weighted by Crippen LogP contribution is 2.06. The predicted octanol–water partition coefficient (Wildman–Crippen LogP) is 0.132. The van der Waals surface area contributed by atoms with Gasteiger partial charge in [-0.2, -0.15) is 0 Å². The van der Waals surface area contributed by atoms with E-state index in [2.05, 4.69) is 18.7 Å². The molecule has 1 unspecified atom stereocenters. The molecule has 14 heavy (non-hydrogen) atoms. The Morgan fingerprint density at radius 3 is 2.07 bits per heavy atom. The summed E-state index contributed by atoms with van der Waals surface area (Å²) in [5.74, 6) is 0.132. The number of nitrogens with zero attached hydrogens (tertiary/aromatic N) is 2. The van der Waals surface area contributed by atoms with Gasteiger partial charge in [0.2, 0.25) is 5.91 Å². The van der Waals surface area contributed by atoms with Gasteiger partial charge in [-0.25, -0.2) is 0 Å². The predicted molar refractivity (Wildman–Crippen MR) is 59.1 cm³/mol. The zero-order chi connectivity index (χ0) is 11.3. The highest BCUT2D eigenvalue weighted by molar-refractivity contribution is 5.76. The Kier molecular flexibility index (Phi) is 5.72. The van der Waals surface area contributed by atoms with E-state index < -0.39 is 0 Å². The third kappa shape index (κ3) is 4.07. The Balaban J connectivity index is 4.22. The highest BCUT2D eigenvalue weighted by atomic mass is 16.2. The topological polar surface area (TPSA) is 49.6 Å². The molecule has 1 amide bonds. The lowest BCUT2D eigenvalue weighted by atomic mass is 10.1. The minimum atomic E-state index is 0.132. The van der Waals surface area contributed by atoms with Crippen LogP contribution >= 0.6 is 0 Å². The Morgan fingerprint density at radius 2 is 1.79 bits per heavy atom. The number of amides is 1. The van der Waals surface area contributed by atoms with Crippen molar-refractivity contribution >= 4 is 5.91 Å². The monoisotopic (exact) mass is 201 g/mol. The molecule has 0 saturated carbocycles. The van der Waals surface area contributed by atoms with Gasteiger partial charge in [-0.15, -0.1) is 0 Å². The van der Waals surface area contributed by atoms with Crippen LogP contribution in [0.5, 0.6) is 0 Å². The van der Waals surface area contributed by atoms with Crippen LogP contribution in [0.15, 0.2) is 0 Å². The Hall–Kier alpha value is -0.610. The summed E-state index contributed by atoms with van der Waals surface area (Å²) in [5, 5.41) is 0. The molecule has 0 heterocycles. The highest BCUT2D eigenvalue weighted by Gasteiger charge is 2.19. The molecule has 4 heteroatoms. The average molecular weight is 201 g/mol. The zero-order valence-electron chi connectivity index (χ0n) is 9.95. The molecule has 0 spiro atoms. The Labute approximate surface area is 87.0 Å². The van der Waals surface area contributed by atoms with Gasteiger partial charge in [-0.1, -0.05) is 0 Å². The molecule has 2 N–H and O–H groups in total. The van der Waals surface area contributed by atoms with Crippen molar-refractivity contribution in [3.63, 3.8) is 0 Å². The molecule has 1 atom stereocenters. The van der Waals surface area contributed by atoms with Crippen molar-refractivity contribution in [3.05, 3.63) is 0 Å². The number of hydrogen-bond acceptors (Lipinski definition) is 3. The molecule has 0 saturated heterocycles. The van der Waals surface area contributed by atoms with Gasteiger partial charge < -0.3 is 10.6 Å². The standard InChI is InChI=1S/C10H23N3O/c1-8(2)13(5)9(7-11)6-10(14)12(3)4/h8-9H,6-7,11H2,1-5H3. The lowest BCUT2D eigenvalue weighted by Crippen LogP contribution is -2.44. The van der Waals surface area contributed by atoms with Crippen LogP contribution in [-0.2, 0) is 4.79 Å². The molecule has 0 radical (unpaired) electrons. The van der Waals surface area contributed by atoms with Crippen molar-refractivity contribution in [2.24, 2.45) is 5.73 Å². The molecule has 84 valence electrons. The third-order valence-electron chi connectivity index (χ3n) is 2.57. The van der Waals surface area contributed by atoms with Gasteiger partial charge in [0.15, 0.2) is 0 Å². The zero-order valence-corrected chi connectivity index (χ0v) is 9.95. The summed E-state index contributed by atoms with van der Waals surface area (Å²) in [6.07, 6.45) is 0.498. The fourth-order valence-electron chi connectivity index (χ4n) is 1.20. The van der Waals surface area contributed by atoms with Gasteiger partial charge in [-0.05, 0) is 20.9 Å². The van der Waals surface area contributed by atoms with E-state index in [1.807, 2.05) is 7.05 Å². The maximum Gasteiger partial charge on any atom is 0.223 e. The van der Waals surface area contributed by atoms with Crippen molar-refractivity contribution in [2.75, 3.05) is 27.7 Å². The Morgan fingerprint density at radius 1 is 1.29 bits per heavy atom. The van der Waals surface area contributed by atoms with Crippen LogP contribution in [0, 0.1) is 0 Å². The molecular weight excluding hydrogens is 178 g/mol. The fraction of sp³-hybridized carbons (Fsp3) is 0.900. The van der Waals surface area contributed by atoms with Crippen LogP contribution in [0.4, 0.5) is 0 Å². The number of carbonyl (C=O) groups is 1. The van der Waals surface area contributed by atoms with Crippen LogP contribution in [0.2, 0.25) is 0 Å². The van der Waals surface area contributed by atoms with Crippen molar-refractivity contribution < 1.29 is 4.79 Å². The number of carbonyl (C=O) groups excluding carboxylic acids is 1. The first-order valence-electron chi connectivity index (χ1n) is 5.02. The minimum absolute atomic E-state index is 0.132. The van der Waals surface area contributed by atoms with E-state index in [1.165, 1.54) is 0 Å². The largest absolute Gasteiger partial charge is 0.349 e. The smallest absolute Gasteiger partial charge is 0.223 e. The lowest BCUT2D eigenvalue weighted by molar-refractivity contribution is -0.129. The summed E-state index contributed by atoms with van der Waals surface area (Å²) in [6, 6.07) is 0.559. The van der Waals surface area contributed by atoms with Gasteiger partial charge >= 0.3 is 0 Å². The van der Waals surface area contributed by atoms with E-state index in [1.54, 1.807) is 19.0 Å². The van der Waals surface area contributed by atoms with Crippen LogP contribution in [-0.4, -0.2) is 55.5 Å². The summed E-state index contributed by atoms with van der Waals surface area (Å²) >= 11 is 0. The quantitative estimate of drug-likeness (QED) is 0.688.